The Bertz CT molecular complexity index is 715. The number of piperidine rings is 1. The Morgan fingerprint density at radius 1 is 1.17 bits per heavy atom. The highest BCUT2D eigenvalue weighted by molar-refractivity contribution is 5.95. The van der Waals surface area contributed by atoms with E-state index in [-0.39, 0.29) is 11.6 Å². The zero-order valence-corrected chi connectivity index (χ0v) is 13.2. The van der Waals surface area contributed by atoms with Crippen molar-refractivity contribution in [3.63, 3.8) is 0 Å². The largest absolute Gasteiger partial charge is 0.501 e. The van der Waals surface area contributed by atoms with Gasteiger partial charge in [0.15, 0.2) is 5.69 Å². The average Bonchev–Trinajstić information content (AvgIpc) is 2.63. The van der Waals surface area contributed by atoms with E-state index in [0.29, 0.717) is 12.4 Å². The van der Waals surface area contributed by atoms with Gasteiger partial charge in [-0.3, -0.25) is 4.79 Å². The van der Waals surface area contributed by atoms with Crippen molar-refractivity contribution >= 4 is 5.91 Å². The van der Waals surface area contributed by atoms with Crippen LogP contribution < -0.4 is 10.6 Å². The van der Waals surface area contributed by atoms with Crippen LogP contribution in [0.5, 0.6) is 11.6 Å². The Labute approximate surface area is 139 Å². The molecule has 4 N–H and O–H groups in total. The van der Waals surface area contributed by atoms with E-state index in [2.05, 4.69) is 20.6 Å². The third-order valence-corrected chi connectivity index (χ3v) is 4.10. The molecule has 0 bridgehead atoms. The number of rotatable bonds is 4. The molecule has 1 aliphatic rings. The number of nitrogens with zero attached hydrogens (tertiary/aromatic N) is 2. The first kappa shape index (κ1) is 16.2. The normalized spacial score (nSPS) is 15.2. The Morgan fingerprint density at radius 2 is 1.88 bits per heavy atom. The van der Waals surface area contributed by atoms with E-state index >= 15 is 0 Å². The van der Waals surface area contributed by atoms with E-state index in [1.54, 1.807) is 0 Å². The summed E-state index contributed by atoms with van der Waals surface area (Å²) < 4.78 is 0. The summed E-state index contributed by atoms with van der Waals surface area (Å²) in [4.78, 5) is 20.5. The summed E-state index contributed by atoms with van der Waals surface area (Å²) in [6.07, 6.45) is 1.66. The lowest BCUT2D eigenvalue weighted by Gasteiger charge is -2.21. The van der Waals surface area contributed by atoms with Gasteiger partial charge >= 0.3 is 0 Å². The van der Waals surface area contributed by atoms with Crippen LogP contribution >= 0.6 is 0 Å². The standard InChI is InChI=1S/C17H20N4O3/c22-14-13(16(23)19-10-11-4-2-1-3-5-11)20-15(21-17(14)24)12-6-8-18-9-7-12/h1-5,12,18,22H,6-10H2,(H,19,23)(H,20,21,24). The van der Waals surface area contributed by atoms with Gasteiger partial charge in [0.2, 0.25) is 5.75 Å². The molecule has 1 aliphatic heterocycles. The van der Waals surface area contributed by atoms with Crippen molar-refractivity contribution in [2.75, 3.05) is 13.1 Å². The van der Waals surface area contributed by atoms with Gasteiger partial charge in [-0.1, -0.05) is 30.3 Å². The lowest BCUT2D eigenvalue weighted by molar-refractivity contribution is 0.0941. The second kappa shape index (κ2) is 7.27. The zero-order chi connectivity index (χ0) is 16.9. The zero-order valence-electron chi connectivity index (χ0n) is 13.2. The molecule has 3 rings (SSSR count). The monoisotopic (exact) mass is 328 g/mol. The molecule has 0 aliphatic carbocycles. The first-order valence-corrected chi connectivity index (χ1v) is 7.98. The number of aromatic hydroxyl groups is 2. The average molecular weight is 328 g/mol. The van der Waals surface area contributed by atoms with Crippen LogP contribution in [0.25, 0.3) is 0 Å². The Morgan fingerprint density at radius 3 is 2.58 bits per heavy atom. The summed E-state index contributed by atoms with van der Waals surface area (Å²) in [5, 5.41) is 25.7. The molecule has 1 amide bonds. The number of carbonyl (C=O) groups excluding carboxylic acids is 1. The minimum atomic E-state index is -0.585. The number of hydrogen-bond donors (Lipinski definition) is 4. The minimum Gasteiger partial charge on any atom is -0.501 e. The number of amides is 1. The molecule has 0 unspecified atom stereocenters. The molecule has 0 radical (unpaired) electrons. The van der Waals surface area contributed by atoms with Crippen molar-refractivity contribution in [3.05, 3.63) is 47.4 Å². The molecular weight excluding hydrogens is 308 g/mol. The van der Waals surface area contributed by atoms with Crippen LogP contribution in [-0.2, 0) is 6.54 Å². The molecule has 0 spiro atoms. The van der Waals surface area contributed by atoms with E-state index in [0.717, 1.165) is 31.5 Å². The number of nitrogens with one attached hydrogen (secondary N) is 2. The quantitative estimate of drug-likeness (QED) is 0.673. The van der Waals surface area contributed by atoms with Gasteiger partial charge in [-0.25, -0.2) is 4.98 Å². The molecule has 7 nitrogen and oxygen atoms in total. The minimum absolute atomic E-state index is 0.0680. The van der Waals surface area contributed by atoms with Crippen molar-refractivity contribution in [1.29, 1.82) is 0 Å². The van der Waals surface area contributed by atoms with Crippen molar-refractivity contribution in [2.45, 2.75) is 25.3 Å². The van der Waals surface area contributed by atoms with E-state index in [4.69, 9.17) is 0 Å². The maximum Gasteiger partial charge on any atom is 0.274 e. The van der Waals surface area contributed by atoms with Crippen molar-refractivity contribution in [3.8, 4) is 11.6 Å². The Kier molecular flexibility index (Phi) is 4.90. The molecule has 126 valence electrons. The first-order chi connectivity index (χ1) is 11.6. The van der Waals surface area contributed by atoms with Gasteiger partial charge in [-0.05, 0) is 31.5 Å². The molecule has 2 heterocycles. The van der Waals surface area contributed by atoms with E-state index < -0.39 is 17.5 Å². The number of carbonyl (C=O) groups is 1. The predicted octanol–water partition coefficient (Wildman–Crippen LogP) is 1.28. The van der Waals surface area contributed by atoms with Crippen LogP contribution in [0.2, 0.25) is 0 Å². The van der Waals surface area contributed by atoms with Crippen LogP contribution in [0, 0.1) is 0 Å². The molecule has 2 aromatic rings. The van der Waals surface area contributed by atoms with Crippen LogP contribution in [0.1, 0.15) is 40.6 Å². The molecule has 0 saturated carbocycles. The first-order valence-electron chi connectivity index (χ1n) is 7.98. The Balaban J connectivity index is 1.78. The molecule has 1 aromatic heterocycles. The van der Waals surface area contributed by atoms with Crippen LogP contribution in [0.3, 0.4) is 0 Å². The fourth-order valence-corrected chi connectivity index (χ4v) is 2.74. The third-order valence-electron chi connectivity index (χ3n) is 4.10. The summed E-state index contributed by atoms with van der Waals surface area (Å²) in [6, 6.07) is 9.43. The highest BCUT2D eigenvalue weighted by Crippen LogP contribution is 2.30. The maximum atomic E-state index is 12.3. The predicted molar refractivity (Wildman–Crippen MR) is 87.8 cm³/mol. The fraction of sp³-hybridized carbons (Fsp3) is 0.353. The Hall–Kier alpha value is -2.67. The van der Waals surface area contributed by atoms with E-state index in [9.17, 15) is 15.0 Å². The maximum absolute atomic E-state index is 12.3. The summed E-state index contributed by atoms with van der Waals surface area (Å²) in [5.74, 6) is -1.21. The number of aromatic nitrogens is 2. The number of benzene rings is 1. The molecule has 1 aromatic carbocycles. The van der Waals surface area contributed by atoms with Crippen LogP contribution in [0.4, 0.5) is 0 Å². The van der Waals surface area contributed by atoms with Gasteiger partial charge in [0.1, 0.15) is 5.82 Å². The van der Waals surface area contributed by atoms with Gasteiger partial charge < -0.3 is 20.8 Å². The van der Waals surface area contributed by atoms with Crippen molar-refractivity contribution in [1.82, 2.24) is 20.6 Å². The lowest BCUT2D eigenvalue weighted by Crippen LogP contribution is -2.29. The highest BCUT2D eigenvalue weighted by Gasteiger charge is 2.24. The molecule has 1 fully saturated rings. The summed E-state index contributed by atoms with van der Waals surface area (Å²) in [6.45, 7) is 1.99. The topological polar surface area (TPSA) is 107 Å². The van der Waals surface area contributed by atoms with Crippen LogP contribution in [0.15, 0.2) is 30.3 Å². The molecule has 7 heteroatoms. The van der Waals surface area contributed by atoms with Gasteiger partial charge in [0.25, 0.3) is 11.8 Å². The summed E-state index contributed by atoms with van der Waals surface area (Å²) >= 11 is 0. The van der Waals surface area contributed by atoms with E-state index in [1.165, 1.54) is 0 Å². The van der Waals surface area contributed by atoms with Gasteiger partial charge in [0.05, 0.1) is 0 Å². The SMILES string of the molecule is O=C(NCc1ccccc1)c1nc(C2CCNCC2)nc(O)c1O. The van der Waals surface area contributed by atoms with Gasteiger partial charge in [0, 0.05) is 12.5 Å². The second-order valence-electron chi connectivity index (χ2n) is 5.80. The molecule has 0 atom stereocenters. The summed E-state index contributed by atoms with van der Waals surface area (Å²) in [5.41, 5.74) is 0.745. The molecule has 24 heavy (non-hydrogen) atoms. The van der Waals surface area contributed by atoms with Gasteiger partial charge in [-0.2, -0.15) is 4.98 Å². The van der Waals surface area contributed by atoms with E-state index in [1.807, 2.05) is 30.3 Å². The fourth-order valence-electron chi connectivity index (χ4n) is 2.74. The van der Waals surface area contributed by atoms with Crippen molar-refractivity contribution in [2.24, 2.45) is 0 Å². The van der Waals surface area contributed by atoms with Crippen molar-refractivity contribution < 1.29 is 15.0 Å². The van der Waals surface area contributed by atoms with Gasteiger partial charge in [-0.15, -0.1) is 0 Å². The number of hydrogen-bond acceptors (Lipinski definition) is 6. The smallest absolute Gasteiger partial charge is 0.274 e. The van der Waals surface area contributed by atoms with Crippen LogP contribution in [-0.4, -0.2) is 39.2 Å². The second-order valence-corrected chi connectivity index (χ2v) is 5.80. The molecule has 1 saturated heterocycles. The summed E-state index contributed by atoms with van der Waals surface area (Å²) in [7, 11) is 0. The highest BCUT2D eigenvalue weighted by atomic mass is 16.3. The third kappa shape index (κ3) is 3.62. The molecular formula is C17H20N4O3. The lowest BCUT2D eigenvalue weighted by atomic mass is 9.97.